The fourth-order valence-corrected chi connectivity index (χ4v) is 4.10. The molecule has 3 rings (SSSR count). The minimum Gasteiger partial charge on any atom is -0.493 e. The van der Waals surface area contributed by atoms with Crippen molar-refractivity contribution in [3.05, 3.63) is 58.7 Å². The summed E-state index contributed by atoms with van der Waals surface area (Å²) in [6.07, 6.45) is 1.97. The summed E-state index contributed by atoms with van der Waals surface area (Å²) in [4.78, 5) is 27.1. The monoisotopic (exact) mass is 482 g/mol. The second-order valence-corrected chi connectivity index (χ2v) is 8.50. The van der Waals surface area contributed by atoms with Gasteiger partial charge in [0.05, 0.1) is 26.0 Å². The topological polar surface area (TPSA) is 104 Å². The van der Waals surface area contributed by atoms with Gasteiger partial charge in [-0.05, 0) is 56.0 Å². The summed E-state index contributed by atoms with van der Waals surface area (Å²) in [5, 5.41) is 17.8. The summed E-state index contributed by atoms with van der Waals surface area (Å²) in [6, 6.07) is 10.5. The summed E-state index contributed by atoms with van der Waals surface area (Å²) in [6.45, 7) is 2.63. The first kappa shape index (κ1) is 26.0. The first-order valence-corrected chi connectivity index (χ1v) is 11.7. The van der Waals surface area contributed by atoms with E-state index in [1.165, 1.54) is 5.01 Å². The first-order chi connectivity index (χ1) is 16.8. The van der Waals surface area contributed by atoms with Gasteiger partial charge in [0.2, 0.25) is 0 Å². The highest BCUT2D eigenvalue weighted by atomic mass is 16.5. The van der Waals surface area contributed by atoms with E-state index in [1.807, 2.05) is 31.2 Å². The number of nitrogens with one attached hydrogen (secondary N) is 1. The quantitative estimate of drug-likeness (QED) is 0.563. The molecule has 0 radical (unpaired) electrons. The van der Waals surface area contributed by atoms with Crippen molar-refractivity contribution >= 4 is 17.6 Å². The molecule has 2 aromatic rings. The number of urea groups is 1. The minimum atomic E-state index is -0.307. The lowest BCUT2D eigenvalue weighted by molar-refractivity contribution is 0.0790. The van der Waals surface area contributed by atoms with Gasteiger partial charge in [-0.25, -0.2) is 9.80 Å². The number of nitrogens with zero attached hydrogens (tertiary/aromatic N) is 3. The van der Waals surface area contributed by atoms with Crippen molar-refractivity contribution in [1.29, 1.82) is 0 Å². The molecule has 2 aromatic carbocycles. The molecular formula is C26H34N4O5. The zero-order valence-electron chi connectivity index (χ0n) is 21.0. The number of carbonyl (C=O) groups excluding carboxylic acids is 2. The highest BCUT2D eigenvalue weighted by Crippen LogP contribution is 2.34. The van der Waals surface area contributed by atoms with E-state index in [0.717, 1.165) is 23.1 Å². The molecule has 0 aliphatic carbocycles. The Bertz CT molecular complexity index is 1080. The van der Waals surface area contributed by atoms with Crippen LogP contribution in [0.5, 0.6) is 11.5 Å². The van der Waals surface area contributed by atoms with Gasteiger partial charge >= 0.3 is 6.03 Å². The molecule has 0 fully saturated rings. The van der Waals surface area contributed by atoms with Gasteiger partial charge in [0.15, 0.2) is 11.5 Å². The molecule has 0 bridgehead atoms. The van der Waals surface area contributed by atoms with Crippen molar-refractivity contribution in [2.75, 3.05) is 41.5 Å². The van der Waals surface area contributed by atoms with E-state index in [-0.39, 0.29) is 24.6 Å². The Morgan fingerprint density at radius 2 is 1.80 bits per heavy atom. The van der Waals surface area contributed by atoms with E-state index in [9.17, 15) is 9.59 Å². The molecule has 2 N–H and O–H groups in total. The van der Waals surface area contributed by atoms with E-state index in [1.54, 1.807) is 45.3 Å². The number of hydrazone groups is 1. The molecule has 1 unspecified atom stereocenters. The number of methoxy groups -OCH3 is 2. The Labute approximate surface area is 206 Å². The Morgan fingerprint density at radius 1 is 1.14 bits per heavy atom. The van der Waals surface area contributed by atoms with Crippen LogP contribution in [0.15, 0.2) is 41.5 Å². The molecule has 0 aromatic heterocycles. The lowest BCUT2D eigenvalue weighted by Gasteiger charge is -2.22. The molecule has 0 spiro atoms. The predicted octanol–water partition coefficient (Wildman–Crippen LogP) is 2.89. The Hall–Kier alpha value is -3.59. The Balaban J connectivity index is 2.03. The number of benzene rings is 2. The molecule has 35 heavy (non-hydrogen) atoms. The Kier molecular flexibility index (Phi) is 8.70. The van der Waals surface area contributed by atoms with Crippen molar-refractivity contribution in [1.82, 2.24) is 15.2 Å². The van der Waals surface area contributed by atoms with Crippen molar-refractivity contribution in [2.24, 2.45) is 5.10 Å². The summed E-state index contributed by atoms with van der Waals surface area (Å²) in [5.41, 5.74) is 3.73. The van der Waals surface area contributed by atoms with Gasteiger partial charge in [-0.2, -0.15) is 5.10 Å². The highest BCUT2D eigenvalue weighted by Gasteiger charge is 2.28. The van der Waals surface area contributed by atoms with E-state index in [0.29, 0.717) is 42.2 Å². The third-order valence-electron chi connectivity index (χ3n) is 6.08. The lowest BCUT2D eigenvalue weighted by Crippen LogP contribution is -2.41. The third-order valence-corrected chi connectivity index (χ3v) is 6.08. The molecule has 0 saturated heterocycles. The van der Waals surface area contributed by atoms with Crippen LogP contribution in [0.25, 0.3) is 0 Å². The van der Waals surface area contributed by atoms with Gasteiger partial charge in [-0.3, -0.25) is 4.79 Å². The number of amides is 3. The maximum absolute atomic E-state index is 12.8. The molecule has 1 heterocycles. The maximum atomic E-state index is 12.8. The van der Waals surface area contributed by atoms with Crippen molar-refractivity contribution in [3.63, 3.8) is 0 Å². The van der Waals surface area contributed by atoms with Gasteiger partial charge in [-0.1, -0.05) is 12.1 Å². The second-order valence-electron chi connectivity index (χ2n) is 8.50. The molecular weight excluding hydrogens is 448 g/mol. The number of aliphatic hydroxyl groups is 1. The second kappa shape index (κ2) is 11.7. The van der Waals surface area contributed by atoms with Crippen LogP contribution in [0.4, 0.5) is 4.79 Å². The van der Waals surface area contributed by atoms with Gasteiger partial charge in [0, 0.05) is 43.9 Å². The van der Waals surface area contributed by atoms with Crippen molar-refractivity contribution < 1.29 is 24.2 Å². The van der Waals surface area contributed by atoms with E-state index in [4.69, 9.17) is 19.7 Å². The number of fused-ring (bicyclic) bond motifs is 1. The van der Waals surface area contributed by atoms with E-state index < -0.39 is 0 Å². The van der Waals surface area contributed by atoms with Crippen LogP contribution in [0.2, 0.25) is 0 Å². The molecule has 3 amide bonds. The fourth-order valence-electron chi connectivity index (χ4n) is 4.10. The predicted molar refractivity (Wildman–Crippen MR) is 134 cm³/mol. The SMILES string of the molecule is CNC(=O)N1N=C(c2ccc(C(=O)N(C)CCCCO)cc2)c2cc(OC)c(OC)cc2CC1C. The lowest BCUT2D eigenvalue weighted by atomic mass is 9.93. The average molecular weight is 483 g/mol. The molecule has 1 aliphatic rings. The first-order valence-electron chi connectivity index (χ1n) is 11.7. The largest absolute Gasteiger partial charge is 0.493 e. The van der Waals surface area contributed by atoms with Crippen LogP contribution in [0, 0.1) is 0 Å². The maximum Gasteiger partial charge on any atom is 0.337 e. The van der Waals surface area contributed by atoms with Crippen LogP contribution in [0.3, 0.4) is 0 Å². The number of unbranched alkanes of at least 4 members (excludes halogenated alkanes) is 1. The van der Waals surface area contributed by atoms with E-state index in [2.05, 4.69) is 5.32 Å². The fraction of sp³-hybridized carbons (Fsp3) is 0.423. The van der Waals surface area contributed by atoms with Crippen molar-refractivity contribution in [2.45, 2.75) is 32.2 Å². The van der Waals surface area contributed by atoms with Crippen LogP contribution >= 0.6 is 0 Å². The minimum absolute atomic E-state index is 0.0929. The number of hydrogen-bond donors (Lipinski definition) is 2. The molecule has 9 heteroatoms. The molecule has 188 valence electrons. The van der Waals surface area contributed by atoms with Gasteiger partial charge < -0.3 is 24.8 Å². The molecule has 9 nitrogen and oxygen atoms in total. The van der Waals surface area contributed by atoms with Crippen LogP contribution in [0.1, 0.15) is 46.8 Å². The van der Waals surface area contributed by atoms with Crippen molar-refractivity contribution in [3.8, 4) is 11.5 Å². The normalized spacial score (nSPS) is 15.0. The van der Waals surface area contributed by atoms with Gasteiger partial charge in [-0.15, -0.1) is 0 Å². The zero-order valence-corrected chi connectivity index (χ0v) is 21.0. The number of ether oxygens (including phenoxy) is 2. The number of hydrogen-bond acceptors (Lipinski definition) is 6. The smallest absolute Gasteiger partial charge is 0.337 e. The number of carbonyl (C=O) groups is 2. The summed E-state index contributed by atoms with van der Waals surface area (Å²) in [5.74, 6) is 1.08. The highest BCUT2D eigenvalue weighted by molar-refractivity contribution is 6.15. The molecule has 1 aliphatic heterocycles. The standard InChI is InChI=1S/C26H34N4O5/c1-17-14-20-15-22(34-4)23(35-5)16-21(20)24(28-30(17)26(33)27-2)18-8-10-19(11-9-18)25(32)29(3)12-6-7-13-31/h8-11,15-17,31H,6-7,12-14H2,1-5H3,(H,27,33). The summed E-state index contributed by atoms with van der Waals surface area (Å²) in [7, 11) is 6.49. The average Bonchev–Trinajstić information content (AvgIpc) is 3.02. The Morgan fingerprint density at radius 3 is 2.40 bits per heavy atom. The molecule has 1 atom stereocenters. The summed E-state index contributed by atoms with van der Waals surface area (Å²) < 4.78 is 11.0. The van der Waals surface area contributed by atoms with Crippen LogP contribution in [-0.2, 0) is 6.42 Å². The number of rotatable bonds is 8. The van der Waals surface area contributed by atoms with Crippen LogP contribution < -0.4 is 14.8 Å². The van der Waals surface area contributed by atoms with Crippen LogP contribution in [-0.4, -0.2) is 80.2 Å². The number of aliphatic hydroxyl groups excluding tert-OH is 1. The van der Waals surface area contributed by atoms with E-state index >= 15 is 0 Å². The zero-order chi connectivity index (χ0) is 25.5. The summed E-state index contributed by atoms with van der Waals surface area (Å²) >= 11 is 0. The molecule has 0 saturated carbocycles. The third kappa shape index (κ3) is 5.74. The van der Waals surface area contributed by atoms with Gasteiger partial charge in [0.25, 0.3) is 5.91 Å². The van der Waals surface area contributed by atoms with Gasteiger partial charge in [0.1, 0.15) is 0 Å².